The third-order valence-electron chi connectivity index (χ3n) is 2.45. The van der Waals surface area contributed by atoms with Crippen LogP contribution in [0.5, 0.6) is 0 Å². The lowest BCUT2D eigenvalue weighted by atomic mass is 10.1. The number of halogens is 3. The largest absolute Gasteiger partial charge is 0.451 e. The molecular formula is C10H16F3N3. The predicted octanol–water partition coefficient (Wildman–Crippen LogP) is 1.99. The molecule has 2 unspecified atom stereocenters. The van der Waals surface area contributed by atoms with Gasteiger partial charge in [-0.2, -0.15) is 13.2 Å². The first kappa shape index (κ1) is 13.2. The molecular weight excluding hydrogens is 219 g/mol. The van der Waals surface area contributed by atoms with E-state index in [1.807, 2.05) is 25.8 Å². The average Bonchev–Trinajstić information content (AvgIpc) is 2.58. The van der Waals surface area contributed by atoms with Crippen molar-refractivity contribution in [3.8, 4) is 0 Å². The number of hydrogen-bond acceptors (Lipinski definition) is 3. The molecule has 2 aliphatic heterocycles. The zero-order valence-electron chi connectivity index (χ0n) is 9.62. The molecule has 0 aromatic carbocycles. The SMILES string of the molecule is CC.CN1CC2C=NC(C(F)(F)F)=NC2C1. The molecule has 0 bridgehead atoms. The van der Waals surface area contributed by atoms with Gasteiger partial charge < -0.3 is 4.90 Å². The fourth-order valence-corrected chi connectivity index (χ4v) is 1.80. The Morgan fingerprint density at radius 2 is 1.94 bits per heavy atom. The highest BCUT2D eigenvalue weighted by molar-refractivity contribution is 5.96. The smallest absolute Gasteiger partial charge is 0.303 e. The summed E-state index contributed by atoms with van der Waals surface area (Å²) in [6.45, 7) is 5.32. The van der Waals surface area contributed by atoms with E-state index in [9.17, 15) is 13.2 Å². The van der Waals surface area contributed by atoms with Crippen LogP contribution >= 0.6 is 0 Å². The Bertz CT molecular complexity index is 296. The average molecular weight is 235 g/mol. The van der Waals surface area contributed by atoms with Gasteiger partial charge in [-0.25, -0.2) is 4.99 Å². The second-order valence-electron chi connectivity index (χ2n) is 3.68. The Labute approximate surface area is 93.1 Å². The minimum atomic E-state index is -4.41. The Balaban J connectivity index is 0.000000606. The molecule has 1 fully saturated rings. The molecule has 0 saturated carbocycles. The van der Waals surface area contributed by atoms with Crippen molar-refractivity contribution in [2.45, 2.75) is 26.1 Å². The van der Waals surface area contributed by atoms with Gasteiger partial charge in [-0.3, -0.25) is 4.99 Å². The summed E-state index contributed by atoms with van der Waals surface area (Å²) in [5, 5.41) is 0. The number of rotatable bonds is 0. The maximum absolute atomic E-state index is 12.2. The lowest BCUT2D eigenvalue weighted by Crippen LogP contribution is -2.31. The number of hydrogen-bond donors (Lipinski definition) is 0. The minimum Gasteiger partial charge on any atom is -0.303 e. The number of aliphatic imine (C=N–C) groups is 2. The highest BCUT2D eigenvalue weighted by Crippen LogP contribution is 2.26. The molecule has 2 aliphatic rings. The number of amidine groups is 1. The van der Waals surface area contributed by atoms with Crippen molar-refractivity contribution in [1.82, 2.24) is 4.90 Å². The number of fused-ring (bicyclic) bond motifs is 1. The van der Waals surface area contributed by atoms with Crippen LogP contribution in [0.2, 0.25) is 0 Å². The third-order valence-corrected chi connectivity index (χ3v) is 2.45. The van der Waals surface area contributed by atoms with E-state index in [0.717, 1.165) is 6.54 Å². The molecule has 3 nitrogen and oxygen atoms in total. The Morgan fingerprint density at radius 3 is 2.50 bits per heavy atom. The molecule has 0 amide bonds. The van der Waals surface area contributed by atoms with Gasteiger partial charge in [-0.15, -0.1) is 0 Å². The molecule has 0 spiro atoms. The van der Waals surface area contributed by atoms with Crippen molar-refractivity contribution >= 4 is 12.1 Å². The van der Waals surface area contributed by atoms with Crippen molar-refractivity contribution in [2.75, 3.05) is 20.1 Å². The summed E-state index contributed by atoms with van der Waals surface area (Å²) >= 11 is 0. The Morgan fingerprint density at radius 1 is 1.31 bits per heavy atom. The van der Waals surface area contributed by atoms with E-state index in [0.29, 0.717) is 6.54 Å². The van der Waals surface area contributed by atoms with Crippen LogP contribution in [-0.2, 0) is 0 Å². The number of nitrogens with zero attached hydrogens (tertiary/aromatic N) is 3. The van der Waals surface area contributed by atoms with Gasteiger partial charge in [0.05, 0.1) is 6.04 Å². The van der Waals surface area contributed by atoms with Crippen LogP contribution < -0.4 is 0 Å². The van der Waals surface area contributed by atoms with Crippen LogP contribution in [0.3, 0.4) is 0 Å². The lowest BCUT2D eigenvalue weighted by molar-refractivity contribution is -0.0602. The zero-order valence-corrected chi connectivity index (χ0v) is 9.62. The van der Waals surface area contributed by atoms with Crippen molar-refractivity contribution in [2.24, 2.45) is 15.9 Å². The Kier molecular flexibility index (Phi) is 4.07. The summed E-state index contributed by atoms with van der Waals surface area (Å²) in [5.74, 6) is -0.944. The maximum Gasteiger partial charge on any atom is 0.451 e. The predicted molar refractivity (Wildman–Crippen MR) is 58.1 cm³/mol. The van der Waals surface area contributed by atoms with Crippen molar-refractivity contribution in [3.63, 3.8) is 0 Å². The van der Waals surface area contributed by atoms with E-state index in [4.69, 9.17) is 0 Å². The first-order chi connectivity index (χ1) is 7.47. The molecule has 2 heterocycles. The summed E-state index contributed by atoms with van der Waals surface area (Å²) in [6, 6.07) is -0.269. The van der Waals surface area contributed by atoms with Gasteiger partial charge in [0, 0.05) is 25.2 Å². The number of likely N-dealkylation sites (N-methyl/N-ethyl adjacent to an activating group) is 1. The standard InChI is InChI=1S/C8H10F3N3.C2H6/c1-14-3-5-2-12-7(8(9,10)11)13-6(5)4-14;1-2/h2,5-6H,3-4H2,1H3;1-2H3. The van der Waals surface area contributed by atoms with E-state index >= 15 is 0 Å². The van der Waals surface area contributed by atoms with Gasteiger partial charge in [0.2, 0.25) is 5.84 Å². The second-order valence-corrected chi connectivity index (χ2v) is 3.68. The van der Waals surface area contributed by atoms with Gasteiger partial charge in [-0.1, -0.05) is 13.8 Å². The van der Waals surface area contributed by atoms with Crippen LogP contribution in [0, 0.1) is 5.92 Å². The van der Waals surface area contributed by atoms with Crippen molar-refractivity contribution in [1.29, 1.82) is 0 Å². The Hall–Kier alpha value is -0.910. The molecule has 2 atom stereocenters. The zero-order chi connectivity index (χ0) is 12.3. The van der Waals surface area contributed by atoms with Crippen molar-refractivity contribution in [3.05, 3.63) is 0 Å². The monoisotopic (exact) mass is 235 g/mol. The molecule has 6 heteroatoms. The lowest BCUT2D eigenvalue weighted by Gasteiger charge is -2.17. The van der Waals surface area contributed by atoms with Crippen LogP contribution in [0.25, 0.3) is 0 Å². The molecule has 0 aromatic heterocycles. The third kappa shape index (κ3) is 2.81. The maximum atomic E-state index is 12.2. The molecule has 1 saturated heterocycles. The summed E-state index contributed by atoms with van der Waals surface area (Å²) < 4.78 is 36.7. The molecule has 0 N–H and O–H groups in total. The van der Waals surface area contributed by atoms with Crippen LogP contribution in [0.4, 0.5) is 13.2 Å². The van der Waals surface area contributed by atoms with Crippen molar-refractivity contribution < 1.29 is 13.2 Å². The molecule has 92 valence electrons. The summed E-state index contributed by atoms with van der Waals surface area (Å²) in [5.41, 5.74) is 0. The fraction of sp³-hybridized carbons (Fsp3) is 0.800. The molecule has 0 aliphatic carbocycles. The van der Waals surface area contributed by atoms with E-state index in [-0.39, 0.29) is 12.0 Å². The normalized spacial score (nSPS) is 29.2. The van der Waals surface area contributed by atoms with E-state index in [1.165, 1.54) is 6.21 Å². The van der Waals surface area contributed by atoms with Gasteiger partial charge in [-0.05, 0) is 7.05 Å². The van der Waals surface area contributed by atoms with Gasteiger partial charge in [0.15, 0.2) is 0 Å². The molecule has 0 aromatic rings. The summed E-state index contributed by atoms with van der Waals surface area (Å²) in [6.07, 6.45) is -3.04. The number of alkyl halides is 3. The molecule has 16 heavy (non-hydrogen) atoms. The number of likely N-dealkylation sites (tertiary alicyclic amines) is 1. The molecule has 0 radical (unpaired) electrons. The highest BCUT2D eigenvalue weighted by atomic mass is 19.4. The summed E-state index contributed by atoms with van der Waals surface area (Å²) in [7, 11) is 1.87. The van der Waals surface area contributed by atoms with Crippen LogP contribution in [0.15, 0.2) is 9.98 Å². The highest BCUT2D eigenvalue weighted by Gasteiger charge is 2.41. The van der Waals surface area contributed by atoms with Crippen LogP contribution in [0.1, 0.15) is 13.8 Å². The topological polar surface area (TPSA) is 28.0 Å². The van der Waals surface area contributed by atoms with E-state index in [2.05, 4.69) is 9.98 Å². The first-order valence-corrected chi connectivity index (χ1v) is 5.34. The molecule has 2 rings (SSSR count). The van der Waals surface area contributed by atoms with Gasteiger partial charge >= 0.3 is 6.18 Å². The quantitative estimate of drug-likeness (QED) is 0.631. The second kappa shape index (κ2) is 4.95. The van der Waals surface area contributed by atoms with E-state index in [1.54, 1.807) is 0 Å². The van der Waals surface area contributed by atoms with Crippen LogP contribution in [-0.4, -0.2) is 49.3 Å². The van der Waals surface area contributed by atoms with Gasteiger partial charge in [0.1, 0.15) is 0 Å². The van der Waals surface area contributed by atoms with E-state index < -0.39 is 12.0 Å². The first-order valence-electron chi connectivity index (χ1n) is 5.34. The summed E-state index contributed by atoms with van der Waals surface area (Å²) in [4.78, 5) is 8.93. The minimum absolute atomic E-state index is 0.0473. The van der Waals surface area contributed by atoms with Gasteiger partial charge in [0.25, 0.3) is 0 Å². The fourth-order valence-electron chi connectivity index (χ4n) is 1.80.